The molecule has 0 saturated carbocycles. The predicted molar refractivity (Wildman–Crippen MR) is 127 cm³/mol. The molecular formula is C28H29NO2. The molecule has 4 aromatic carbocycles. The minimum atomic E-state index is -0.105. The first-order valence-electron chi connectivity index (χ1n) is 10.8. The van der Waals surface area contributed by atoms with Crippen LogP contribution in [0.3, 0.4) is 0 Å². The highest BCUT2D eigenvalue weighted by Crippen LogP contribution is 2.20. The summed E-state index contributed by atoms with van der Waals surface area (Å²) in [6, 6.07) is 33.4. The van der Waals surface area contributed by atoms with E-state index in [0.717, 1.165) is 24.2 Å². The van der Waals surface area contributed by atoms with Crippen LogP contribution in [0.25, 0.3) is 10.8 Å². The first kappa shape index (κ1) is 21.3. The Kier molecular flexibility index (Phi) is 7.46. The van der Waals surface area contributed by atoms with Gasteiger partial charge >= 0.3 is 0 Å². The Morgan fingerprint density at radius 1 is 0.613 bits per heavy atom. The van der Waals surface area contributed by atoms with Crippen LogP contribution in [-0.4, -0.2) is 13.2 Å². The Labute approximate surface area is 184 Å². The lowest BCUT2D eigenvalue weighted by atomic mass is 10.0. The summed E-state index contributed by atoms with van der Waals surface area (Å²) in [6.07, 6.45) is 0.936. The van der Waals surface area contributed by atoms with E-state index in [0.29, 0.717) is 19.8 Å². The van der Waals surface area contributed by atoms with Crippen molar-refractivity contribution in [2.75, 3.05) is 13.2 Å². The first-order valence-corrected chi connectivity index (χ1v) is 10.8. The van der Waals surface area contributed by atoms with Crippen molar-refractivity contribution >= 4 is 10.8 Å². The van der Waals surface area contributed by atoms with E-state index in [2.05, 4.69) is 60.7 Å². The second-order valence-corrected chi connectivity index (χ2v) is 7.84. The monoisotopic (exact) mass is 411 g/mol. The van der Waals surface area contributed by atoms with E-state index >= 15 is 0 Å². The molecule has 0 aromatic heterocycles. The lowest BCUT2D eigenvalue weighted by Crippen LogP contribution is -2.16. The zero-order chi connectivity index (χ0) is 21.3. The summed E-state index contributed by atoms with van der Waals surface area (Å²) < 4.78 is 11.7. The molecule has 0 aliphatic rings. The fraction of sp³-hybridized carbons (Fsp3) is 0.214. The van der Waals surface area contributed by atoms with Gasteiger partial charge < -0.3 is 15.2 Å². The van der Waals surface area contributed by atoms with E-state index in [1.165, 1.54) is 21.9 Å². The lowest BCUT2D eigenvalue weighted by Gasteiger charge is -2.13. The standard InChI is InChI=1S/C28H29NO2/c29-28(25-9-5-2-6-10-25)21-31-20-24-12-14-26-17-23(11-13-27(26)18-24)19-30-16-15-22-7-3-1-4-8-22/h1-14,17-18,28H,15-16,19-21,29H2/t28-/m1/s1. The molecule has 3 nitrogen and oxygen atoms in total. The molecule has 0 bridgehead atoms. The summed E-state index contributed by atoms with van der Waals surface area (Å²) in [5.74, 6) is 0. The summed E-state index contributed by atoms with van der Waals surface area (Å²) in [6.45, 7) is 2.41. The van der Waals surface area contributed by atoms with Crippen LogP contribution in [-0.2, 0) is 29.1 Å². The third-order valence-corrected chi connectivity index (χ3v) is 5.41. The van der Waals surface area contributed by atoms with Crippen molar-refractivity contribution in [1.82, 2.24) is 0 Å². The fourth-order valence-corrected chi connectivity index (χ4v) is 3.65. The van der Waals surface area contributed by atoms with Crippen molar-refractivity contribution in [3.63, 3.8) is 0 Å². The highest BCUT2D eigenvalue weighted by molar-refractivity contribution is 5.83. The van der Waals surface area contributed by atoms with Gasteiger partial charge in [0.15, 0.2) is 0 Å². The summed E-state index contributed by atoms with van der Waals surface area (Å²) in [5, 5.41) is 2.43. The number of fused-ring (bicyclic) bond motifs is 1. The van der Waals surface area contributed by atoms with Crippen molar-refractivity contribution in [2.45, 2.75) is 25.7 Å². The molecule has 0 radical (unpaired) electrons. The van der Waals surface area contributed by atoms with Gasteiger partial charge in [0.25, 0.3) is 0 Å². The molecule has 0 aliphatic heterocycles. The predicted octanol–water partition coefficient (Wildman–Crippen LogP) is 5.82. The summed E-state index contributed by atoms with van der Waals surface area (Å²) in [7, 11) is 0. The van der Waals surface area contributed by atoms with Crippen LogP contribution < -0.4 is 5.73 Å². The van der Waals surface area contributed by atoms with Crippen LogP contribution in [0.4, 0.5) is 0 Å². The first-order chi connectivity index (χ1) is 15.3. The molecule has 4 aromatic rings. The molecule has 0 fully saturated rings. The minimum Gasteiger partial charge on any atom is -0.376 e. The number of ether oxygens (including phenoxy) is 2. The smallest absolute Gasteiger partial charge is 0.0718 e. The molecule has 0 unspecified atom stereocenters. The van der Waals surface area contributed by atoms with Crippen LogP contribution in [0.1, 0.15) is 28.3 Å². The zero-order valence-electron chi connectivity index (χ0n) is 17.7. The van der Waals surface area contributed by atoms with Crippen molar-refractivity contribution in [2.24, 2.45) is 5.73 Å². The van der Waals surface area contributed by atoms with Gasteiger partial charge in [0.05, 0.1) is 32.5 Å². The molecule has 0 heterocycles. The fourth-order valence-electron chi connectivity index (χ4n) is 3.65. The van der Waals surface area contributed by atoms with Crippen molar-refractivity contribution in [1.29, 1.82) is 0 Å². The number of benzene rings is 4. The second kappa shape index (κ2) is 10.9. The molecule has 0 spiro atoms. The quantitative estimate of drug-likeness (QED) is 0.335. The normalized spacial score (nSPS) is 12.2. The summed E-state index contributed by atoms with van der Waals surface area (Å²) in [5.41, 5.74) is 11.0. The number of hydrogen-bond donors (Lipinski definition) is 1. The average molecular weight is 412 g/mol. The van der Waals surface area contributed by atoms with Crippen LogP contribution in [0.2, 0.25) is 0 Å². The molecule has 3 heteroatoms. The summed E-state index contributed by atoms with van der Waals surface area (Å²) in [4.78, 5) is 0. The maximum absolute atomic E-state index is 6.21. The Morgan fingerprint density at radius 2 is 1.19 bits per heavy atom. The Balaban J connectivity index is 1.26. The third kappa shape index (κ3) is 6.25. The maximum atomic E-state index is 6.21. The van der Waals surface area contributed by atoms with E-state index in [1.807, 2.05) is 36.4 Å². The number of nitrogens with two attached hydrogens (primary N) is 1. The van der Waals surface area contributed by atoms with Crippen LogP contribution >= 0.6 is 0 Å². The van der Waals surface area contributed by atoms with E-state index < -0.39 is 0 Å². The Morgan fingerprint density at radius 3 is 1.84 bits per heavy atom. The van der Waals surface area contributed by atoms with E-state index in [4.69, 9.17) is 15.2 Å². The molecule has 0 amide bonds. The van der Waals surface area contributed by atoms with Gasteiger partial charge in [-0.1, -0.05) is 84.9 Å². The zero-order valence-corrected chi connectivity index (χ0v) is 17.7. The van der Waals surface area contributed by atoms with Gasteiger partial charge in [0.1, 0.15) is 0 Å². The van der Waals surface area contributed by atoms with Gasteiger partial charge in [0.2, 0.25) is 0 Å². The van der Waals surface area contributed by atoms with Crippen LogP contribution in [0.5, 0.6) is 0 Å². The SMILES string of the molecule is N[C@H](COCc1ccc2cc(COCCc3ccccc3)ccc2c1)c1ccccc1. The minimum absolute atomic E-state index is 0.105. The highest BCUT2D eigenvalue weighted by Gasteiger charge is 2.06. The number of hydrogen-bond acceptors (Lipinski definition) is 3. The van der Waals surface area contributed by atoms with E-state index in [1.54, 1.807) is 0 Å². The van der Waals surface area contributed by atoms with Crippen molar-refractivity contribution in [3.8, 4) is 0 Å². The van der Waals surface area contributed by atoms with Gasteiger partial charge in [-0.15, -0.1) is 0 Å². The molecule has 4 rings (SSSR count). The topological polar surface area (TPSA) is 44.5 Å². The Bertz CT molecular complexity index is 1080. The second-order valence-electron chi connectivity index (χ2n) is 7.84. The summed E-state index contributed by atoms with van der Waals surface area (Å²) >= 11 is 0. The molecule has 1 atom stereocenters. The van der Waals surface area contributed by atoms with E-state index in [9.17, 15) is 0 Å². The molecule has 158 valence electrons. The molecule has 31 heavy (non-hydrogen) atoms. The van der Waals surface area contributed by atoms with Gasteiger partial charge in [-0.05, 0) is 51.6 Å². The van der Waals surface area contributed by atoms with Crippen LogP contribution in [0.15, 0.2) is 97.1 Å². The molecular weight excluding hydrogens is 382 g/mol. The lowest BCUT2D eigenvalue weighted by molar-refractivity contribution is 0.108. The Hall–Kier alpha value is -2.98. The van der Waals surface area contributed by atoms with E-state index in [-0.39, 0.29) is 6.04 Å². The molecule has 0 saturated heterocycles. The van der Waals surface area contributed by atoms with Gasteiger partial charge in [-0.25, -0.2) is 0 Å². The molecule has 0 aliphatic carbocycles. The van der Waals surface area contributed by atoms with Gasteiger partial charge in [0, 0.05) is 0 Å². The maximum Gasteiger partial charge on any atom is 0.0718 e. The third-order valence-electron chi connectivity index (χ3n) is 5.41. The largest absolute Gasteiger partial charge is 0.376 e. The van der Waals surface area contributed by atoms with Gasteiger partial charge in [-0.2, -0.15) is 0 Å². The average Bonchev–Trinajstić information content (AvgIpc) is 2.83. The highest BCUT2D eigenvalue weighted by atomic mass is 16.5. The van der Waals surface area contributed by atoms with Crippen molar-refractivity contribution in [3.05, 3.63) is 119 Å². The van der Waals surface area contributed by atoms with Gasteiger partial charge in [-0.3, -0.25) is 0 Å². The number of rotatable bonds is 10. The molecule has 2 N–H and O–H groups in total. The van der Waals surface area contributed by atoms with Crippen LogP contribution in [0, 0.1) is 0 Å². The van der Waals surface area contributed by atoms with Crippen molar-refractivity contribution < 1.29 is 9.47 Å².